The number of hydrogen-bond acceptors (Lipinski definition) is 2. The highest BCUT2D eigenvalue weighted by molar-refractivity contribution is 5.78. The topological polar surface area (TPSA) is 57.8 Å². The first-order valence-electron chi connectivity index (χ1n) is 5.77. The number of carbonyl (C=O) groups is 1. The van der Waals surface area contributed by atoms with Crippen molar-refractivity contribution in [3.63, 3.8) is 0 Å². The summed E-state index contributed by atoms with van der Waals surface area (Å²) in [5, 5.41) is 2.93. The average molecular weight is 223 g/mol. The van der Waals surface area contributed by atoms with Gasteiger partial charge >= 0.3 is 0 Å². The van der Waals surface area contributed by atoms with Gasteiger partial charge in [-0.05, 0) is 6.92 Å². The summed E-state index contributed by atoms with van der Waals surface area (Å²) >= 11 is 0. The summed E-state index contributed by atoms with van der Waals surface area (Å²) < 4.78 is 0. The van der Waals surface area contributed by atoms with Gasteiger partial charge in [0.25, 0.3) is 0 Å². The van der Waals surface area contributed by atoms with Crippen LogP contribution in [0, 0.1) is 5.92 Å². The zero-order chi connectivity index (χ0) is 12.3. The smallest absolute Gasteiger partial charge is 0.223 e. The van der Waals surface area contributed by atoms with Crippen LogP contribution in [0.1, 0.15) is 58.1 Å². The number of rotatable bonds is 4. The van der Waals surface area contributed by atoms with Gasteiger partial charge in [-0.15, -0.1) is 0 Å². The zero-order valence-corrected chi connectivity index (χ0v) is 10.7. The van der Waals surface area contributed by atoms with E-state index >= 15 is 0 Å². The van der Waals surface area contributed by atoms with Gasteiger partial charge in [0.05, 0.1) is 11.7 Å². The molecule has 0 aliphatic heterocycles. The van der Waals surface area contributed by atoms with E-state index in [9.17, 15) is 4.79 Å². The molecule has 16 heavy (non-hydrogen) atoms. The Morgan fingerprint density at radius 1 is 1.31 bits per heavy atom. The second-order valence-electron chi connectivity index (χ2n) is 4.75. The van der Waals surface area contributed by atoms with Crippen molar-refractivity contribution in [3.05, 3.63) is 17.7 Å². The summed E-state index contributed by atoms with van der Waals surface area (Å²) in [5.74, 6) is 1.40. The molecule has 1 rings (SSSR count). The standard InChI is InChI=1S/C12H21N3O/c1-7(2)11-13-6-10(15-11)9(5)14-12(16)8(3)4/h6-9H,1-5H3,(H,13,15)(H,14,16). The van der Waals surface area contributed by atoms with E-state index in [-0.39, 0.29) is 17.9 Å². The zero-order valence-electron chi connectivity index (χ0n) is 10.7. The summed E-state index contributed by atoms with van der Waals surface area (Å²) in [5.41, 5.74) is 0.887. The Labute approximate surface area is 96.9 Å². The van der Waals surface area contributed by atoms with Gasteiger partial charge < -0.3 is 10.3 Å². The SMILES string of the molecule is CC(C)C(=O)NC(C)c1c[nH]c(C(C)C)n1. The molecule has 0 aliphatic carbocycles. The number of nitrogens with zero attached hydrogens (tertiary/aromatic N) is 1. The van der Waals surface area contributed by atoms with Crippen LogP contribution in [0.4, 0.5) is 0 Å². The maximum Gasteiger partial charge on any atom is 0.223 e. The third kappa shape index (κ3) is 3.08. The largest absolute Gasteiger partial charge is 0.348 e. The van der Waals surface area contributed by atoms with Crippen molar-refractivity contribution in [2.24, 2.45) is 5.92 Å². The first-order valence-corrected chi connectivity index (χ1v) is 5.77. The third-order valence-electron chi connectivity index (χ3n) is 2.49. The molecular formula is C12H21N3O. The van der Waals surface area contributed by atoms with Crippen LogP contribution in [-0.4, -0.2) is 15.9 Å². The molecule has 1 unspecified atom stereocenters. The highest BCUT2D eigenvalue weighted by Gasteiger charge is 2.15. The van der Waals surface area contributed by atoms with Crippen LogP contribution in [-0.2, 0) is 4.79 Å². The number of carbonyl (C=O) groups excluding carboxylic acids is 1. The molecule has 0 saturated carbocycles. The summed E-state index contributed by atoms with van der Waals surface area (Å²) in [4.78, 5) is 19.1. The van der Waals surface area contributed by atoms with E-state index in [0.717, 1.165) is 11.5 Å². The maximum absolute atomic E-state index is 11.5. The fourth-order valence-electron chi connectivity index (χ4n) is 1.32. The van der Waals surface area contributed by atoms with Crippen molar-refractivity contribution in [3.8, 4) is 0 Å². The monoisotopic (exact) mass is 223 g/mol. The van der Waals surface area contributed by atoms with Crippen LogP contribution in [0.15, 0.2) is 6.20 Å². The number of hydrogen-bond donors (Lipinski definition) is 2. The minimum absolute atomic E-state index is 0.00552. The Kier molecular flexibility index (Phi) is 4.10. The van der Waals surface area contributed by atoms with Crippen LogP contribution >= 0.6 is 0 Å². The van der Waals surface area contributed by atoms with Crippen molar-refractivity contribution in [1.82, 2.24) is 15.3 Å². The summed E-state index contributed by atoms with van der Waals surface area (Å²) in [6, 6.07) is -0.0429. The molecule has 4 nitrogen and oxygen atoms in total. The lowest BCUT2D eigenvalue weighted by Gasteiger charge is -2.13. The van der Waals surface area contributed by atoms with Gasteiger partial charge in [0.2, 0.25) is 5.91 Å². The molecule has 90 valence electrons. The summed E-state index contributed by atoms with van der Waals surface area (Å²) in [6.45, 7) is 9.87. The molecule has 2 N–H and O–H groups in total. The van der Waals surface area contributed by atoms with E-state index in [1.165, 1.54) is 0 Å². The molecule has 0 aliphatic rings. The van der Waals surface area contributed by atoms with Gasteiger partial charge in [-0.1, -0.05) is 27.7 Å². The fourth-order valence-corrected chi connectivity index (χ4v) is 1.32. The second kappa shape index (κ2) is 5.14. The molecule has 1 aromatic heterocycles. The minimum atomic E-state index is -0.0429. The molecule has 0 saturated heterocycles. The van der Waals surface area contributed by atoms with Crippen molar-refractivity contribution in [1.29, 1.82) is 0 Å². The fraction of sp³-hybridized carbons (Fsp3) is 0.667. The number of aromatic nitrogens is 2. The Hall–Kier alpha value is -1.32. The van der Waals surface area contributed by atoms with Gasteiger partial charge in [0.1, 0.15) is 5.82 Å². The first-order chi connectivity index (χ1) is 7.41. The second-order valence-corrected chi connectivity index (χ2v) is 4.75. The van der Waals surface area contributed by atoms with Gasteiger partial charge in [-0.2, -0.15) is 0 Å². The molecular weight excluding hydrogens is 202 g/mol. The summed E-state index contributed by atoms with van der Waals surface area (Å²) in [7, 11) is 0. The predicted molar refractivity (Wildman–Crippen MR) is 64.1 cm³/mol. The lowest BCUT2D eigenvalue weighted by Crippen LogP contribution is -2.30. The van der Waals surface area contributed by atoms with E-state index in [0.29, 0.717) is 5.92 Å². The Morgan fingerprint density at radius 3 is 2.38 bits per heavy atom. The maximum atomic E-state index is 11.5. The molecule has 0 bridgehead atoms. The average Bonchev–Trinajstić information content (AvgIpc) is 2.65. The molecule has 1 heterocycles. The van der Waals surface area contributed by atoms with E-state index in [2.05, 4.69) is 29.1 Å². The van der Waals surface area contributed by atoms with Crippen LogP contribution in [0.25, 0.3) is 0 Å². The van der Waals surface area contributed by atoms with Crippen LogP contribution in [0.2, 0.25) is 0 Å². The van der Waals surface area contributed by atoms with Crippen LogP contribution in [0.5, 0.6) is 0 Å². The van der Waals surface area contributed by atoms with Gasteiger partial charge in [-0.3, -0.25) is 4.79 Å². The molecule has 0 radical (unpaired) electrons. The molecule has 0 fully saturated rings. The number of imidazole rings is 1. The van der Waals surface area contributed by atoms with Crippen LogP contribution in [0.3, 0.4) is 0 Å². The van der Waals surface area contributed by atoms with Crippen molar-refractivity contribution < 1.29 is 4.79 Å². The predicted octanol–water partition coefficient (Wildman–Crippen LogP) is 2.37. The third-order valence-corrected chi connectivity index (χ3v) is 2.49. The van der Waals surface area contributed by atoms with E-state index in [4.69, 9.17) is 0 Å². The highest BCUT2D eigenvalue weighted by Crippen LogP contribution is 2.15. The van der Waals surface area contributed by atoms with Crippen LogP contribution < -0.4 is 5.32 Å². The van der Waals surface area contributed by atoms with Crippen molar-refractivity contribution >= 4 is 5.91 Å². The van der Waals surface area contributed by atoms with E-state index < -0.39 is 0 Å². The number of amides is 1. The Morgan fingerprint density at radius 2 is 1.94 bits per heavy atom. The van der Waals surface area contributed by atoms with Crippen molar-refractivity contribution in [2.75, 3.05) is 0 Å². The molecule has 1 atom stereocenters. The molecule has 0 aromatic carbocycles. The quantitative estimate of drug-likeness (QED) is 0.823. The van der Waals surface area contributed by atoms with Gasteiger partial charge in [0.15, 0.2) is 0 Å². The highest BCUT2D eigenvalue weighted by atomic mass is 16.1. The van der Waals surface area contributed by atoms with Crippen molar-refractivity contribution in [2.45, 2.75) is 46.6 Å². The first kappa shape index (κ1) is 12.7. The minimum Gasteiger partial charge on any atom is -0.348 e. The molecule has 1 amide bonds. The normalized spacial score (nSPS) is 13.2. The molecule has 0 spiro atoms. The van der Waals surface area contributed by atoms with Gasteiger partial charge in [-0.25, -0.2) is 4.98 Å². The lowest BCUT2D eigenvalue weighted by molar-refractivity contribution is -0.124. The molecule has 1 aromatic rings. The van der Waals surface area contributed by atoms with E-state index in [1.54, 1.807) is 0 Å². The Balaban J connectivity index is 2.66. The molecule has 4 heteroatoms. The number of H-pyrrole nitrogens is 1. The summed E-state index contributed by atoms with van der Waals surface area (Å²) in [6.07, 6.45) is 1.86. The Bertz CT molecular complexity index is 355. The van der Waals surface area contributed by atoms with Gasteiger partial charge in [0, 0.05) is 18.0 Å². The lowest BCUT2D eigenvalue weighted by atomic mass is 10.2. The number of aromatic amines is 1. The number of nitrogens with one attached hydrogen (secondary N) is 2. The van der Waals surface area contributed by atoms with E-state index in [1.807, 2.05) is 27.0 Å².